The first-order valence-corrected chi connectivity index (χ1v) is 6.93. The number of hydrogen-bond donors (Lipinski definition) is 1. The molecule has 18 heavy (non-hydrogen) atoms. The highest BCUT2D eigenvalue weighted by Gasteiger charge is 2.07. The predicted molar refractivity (Wildman–Crippen MR) is 73.3 cm³/mol. The Kier molecular flexibility index (Phi) is 4.19. The molecule has 1 heterocycles. The minimum atomic E-state index is 0.736. The van der Waals surface area contributed by atoms with Crippen LogP contribution >= 0.6 is 11.8 Å². The fourth-order valence-corrected chi connectivity index (χ4v) is 2.53. The van der Waals surface area contributed by atoms with E-state index in [4.69, 9.17) is 5.73 Å². The van der Waals surface area contributed by atoms with Gasteiger partial charge in [-0.25, -0.2) is 4.68 Å². The van der Waals surface area contributed by atoms with Crippen molar-refractivity contribution >= 4 is 17.4 Å². The molecule has 0 radical (unpaired) electrons. The van der Waals surface area contributed by atoms with Gasteiger partial charge in [-0.3, -0.25) is 0 Å². The van der Waals surface area contributed by atoms with Gasteiger partial charge in [0.25, 0.3) is 0 Å². The Morgan fingerprint density at radius 2 is 2.22 bits per heavy atom. The summed E-state index contributed by atoms with van der Waals surface area (Å²) in [4.78, 5) is 1.08. The molecule has 0 unspecified atom stereocenters. The summed E-state index contributed by atoms with van der Waals surface area (Å²) in [5.74, 6) is 1.63. The number of anilines is 1. The molecule has 0 bridgehead atoms. The van der Waals surface area contributed by atoms with Crippen molar-refractivity contribution in [1.29, 1.82) is 0 Å². The summed E-state index contributed by atoms with van der Waals surface area (Å²) in [5, 5.41) is 11.7. The zero-order valence-corrected chi connectivity index (χ0v) is 11.4. The Labute approximate surface area is 111 Å². The summed E-state index contributed by atoms with van der Waals surface area (Å²) in [7, 11) is 0. The highest BCUT2D eigenvalue weighted by atomic mass is 32.2. The van der Waals surface area contributed by atoms with Crippen molar-refractivity contribution in [3.05, 3.63) is 29.6 Å². The van der Waals surface area contributed by atoms with Gasteiger partial charge in [0.15, 0.2) is 5.82 Å². The second kappa shape index (κ2) is 5.86. The van der Waals surface area contributed by atoms with E-state index in [0.717, 1.165) is 35.1 Å². The Morgan fingerprint density at radius 3 is 2.94 bits per heavy atom. The van der Waals surface area contributed by atoms with Gasteiger partial charge in [0.1, 0.15) is 0 Å². The maximum atomic E-state index is 5.98. The fourth-order valence-electron chi connectivity index (χ4n) is 1.65. The van der Waals surface area contributed by atoms with Crippen LogP contribution in [0.1, 0.15) is 24.7 Å². The molecule has 0 amide bonds. The van der Waals surface area contributed by atoms with E-state index in [2.05, 4.69) is 28.5 Å². The van der Waals surface area contributed by atoms with Crippen LogP contribution < -0.4 is 5.73 Å². The van der Waals surface area contributed by atoms with Gasteiger partial charge in [-0.05, 0) is 41.5 Å². The minimum absolute atomic E-state index is 0.736. The summed E-state index contributed by atoms with van der Waals surface area (Å²) < 4.78 is 1.84. The topological polar surface area (TPSA) is 69.6 Å². The molecule has 1 aromatic carbocycles. The first-order valence-electron chi connectivity index (χ1n) is 5.94. The summed E-state index contributed by atoms with van der Waals surface area (Å²) in [5.41, 5.74) is 7.97. The second-order valence-corrected chi connectivity index (χ2v) is 5.17. The van der Waals surface area contributed by atoms with Crippen molar-refractivity contribution in [2.24, 2.45) is 0 Å². The van der Waals surface area contributed by atoms with E-state index in [1.165, 1.54) is 5.56 Å². The van der Waals surface area contributed by atoms with Crippen LogP contribution in [0.25, 0.3) is 0 Å². The van der Waals surface area contributed by atoms with Gasteiger partial charge >= 0.3 is 0 Å². The van der Waals surface area contributed by atoms with Crippen LogP contribution in [-0.2, 0) is 12.3 Å². The summed E-state index contributed by atoms with van der Waals surface area (Å²) in [6, 6.07) is 6.09. The van der Waals surface area contributed by atoms with Gasteiger partial charge in [0.2, 0.25) is 0 Å². The molecule has 2 aromatic rings. The van der Waals surface area contributed by atoms with E-state index in [9.17, 15) is 0 Å². The predicted octanol–water partition coefficient (Wildman–Crippen LogP) is 2.27. The highest BCUT2D eigenvalue weighted by Crippen LogP contribution is 2.28. The molecule has 0 aliphatic heterocycles. The van der Waals surface area contributed by atoms with E-state index in [-0.39, 0.29) is 0 Å². The Bertz CT molecular complexity index is 523. The van der Waals surface area contributed by atoms with Crippen molar-refractivity contribution < 1.29 is 0 Å². The maximum absolute atomic E-state index is 5.98. The molecule has 0 spiro atoms. The van der Waals surface area contributed by atoms with Crippen molar-refractivity contribution in [2.75, 3.05) is 5.73 Å². The van der Waals surface area contributed by atoms with Gasteiger partial charge in [0.05, 0.1) is 5.75 Å². The normalized spacial score (nSPS) is 10.8. The molecule has 0 atom stereocenters. The van der Waals surface area contributed by atoms with Crippen LogP contribution in [0.15, 0.2) is 23.1 Å². The fraction of sp³-hybridized carbons (Fsp3) is 0.417. The third-order valence-electron chi connectivity index (χ3n) is 2.56. The molecule has 0 saturated heterocycles. The van der Waals surface area contributed by atoms with E-state index >= 15 is 0 Å². The Balaban J connectivity index is 2.04. The molecular formula is C12H17N5S. The van der Waals surface area contributed by atoms with Crippen LogP contribution in [0, 0.1) is 6.92 Å². The smallest absolute Gasteiger partial charge is 0.161 e. The van der Waals surface area contributed by atoms with Crippen LogP contribution in [0.3, 0.4) is 0 Å². The molecule has 5 nitrogen and oxygen atoms in total. The van der Waals surface area contributed by atoms with Gasteiger partial charge in [-0.15, -0.1) is 16.9 Å². The summed E-state index contributed by atoms with van der Waals surface area (Å²) in [6.45, 7) is 5.00. The quantitative estimate of drug-likeness (QED) is 0.662. The van der Waals surface area contributed by atoms with Crippen molar-refractivity contribution in [3.8, 4) is 0 Å². The molecule has 96 valence electrons. The van der Waals surface area contributed by atoms with Gasteiger partial charge in [0, 0.05) is 17.1 Å². The molecular weight excluding hydrogens is 246 g/mol. The molecule has 0 fully saturated rings. The maximum Gasteiger partial charge on any atom is 0.161 e. The number of benzene rings is 1. The van der Waals surface area contributed by atoms with Gasteiger partial charge in [-0.1, -0.05) is 13.0 Å². The van der Waals surface area contributed by atoms with Crippen molar-refractivity contribution in [1.82, 2.24) is 20.2 Å². The Morgan fingerprint density at radius 1 is 1.39 bits per heavy atom. The molecule has 0 aliphatic rings. The number of rotatable bonds is 5. The average Bonchev–Trinajstić information content (AvgIpc) is 2.76. The number of aryl methyl sites for hydroxylation is 2. The van der Waals surface area contributed by atoms with Gasteiger partial charge in [-0.2, -0.15) is 0 Å². The molecule has 2 rings (SSSR count). The zero-order chi connectivity index (χ0) is 13.0. The lowest BCUT2D eigenvalue weighted by Crippen LogP contribution is -2.04. The van der Waals surface area contributed by atoms with E-state index < -0.39 is 0 Å². The molecule has 6 heteroatoms. The van der Waals surface area contributed by atoms with Crippen molar-refractivity contribution in [2.45, 2.75) is 37.5 Å². The standard InChI is InChI=1S/C12H17N5S/c1-3-6-17-12(14-15-16-17)8-18-11-5-4-9(2)7-10(11)13/h4-5,7H,3,6,8,13H2,1-2H3. The first kappa shape index (κ1) is 12.9. The molecule has 0 aliphatic carbocycles. The number of aromatic nitrogens is 4. The lowest BCUT2D eigenvalue weighted by atomic mass is 10.2. The Hall–Kier alpha value is -1.56. The van der Waals surface area contributed by atoms with Crippen LogP contribution in [0.5, 0.6) is 0 Å². The molecule has 0 saturated carbocycles. The monoisotopic (exact) mass is 263 g/mol. The number of nitrogens with zero attached hydrogens (tertiary/aromatic N) is 4. The second-order valence-electron chi connectivity index (χ2n) is 4.15. The highest BCUT2D eigenvalue weighted by molar-refractivity contribution is 7.98. The number of nitrogen functional groups attached to an aromatic ring is 1. The van der Waals surface area contributed by atoms with Crippen LogP contribution in [0.2, 0.25) is 0 Å². The van der Waals surface area contributed by atoms with Crippen LogP contribution in [0.4, 0.5) is 5.69 Å². The first-order chi connectivity index (χ1) is 8.70. The lowest BCUT2D eigenvalue weighted by molar-refractivity contribution is 0.564. The molecule has 1 aromatic heterocycles. The average molecular weight is 263 g/mol. The number of thioether (sulfide) groups is 1. The lowest BCUT2D eigenvalue weighted by Gasteiger charge is -2.06. The minimum Gasteiger partial charge on any atom is -0.398 e. The SMILES string of the molecule is CCCn1nnnc1CSc1ccc(C)cc1N. The number of nitrogens with two attached hydrogens (primary N) is 1. The van der Waals surface area contributed by atoms with Gasteiger partial charge < -0.3 is 5.73 Å². The summed E-state index contributed by atoms with van der Waals surface area (Å²) in [6.07, 6.45) is 1.02. The number of hydrogen-bond acceptors (Lipinski definition) is 5. The van der Waals surface area contributed by atoms with Crippen molar-refractivity contribution in [3.63, 3.8) is 0 Å². The largest absolute Gasteiger partial charge is 0.398 e. The zero-order valence-electron chi connectivity index (χ0n) is 10.6. The molecule has 2 N–H and O–H groups in total. The number of tetrazole rings is 1. The third-order valence-corrected chi connectivity index (χ3v) is 3.65. The van der Waals surface area contributed by atoms with E-state index in [1.807, 2.05) is 23.7 Å². The van der Waals surface area contributed by atoms with Crippen LogP contribution in [-0.4, -0.2) is 20.2 Å². The summed E-state index contributed by atoms with van der Waals surface area (Å²) >= 11 is 1.67. The van der Waals surface area contributed by atoms with E-state index in [1.54, 1.807) is 11.8 Å². The van der Waals surface area contributed by atoms with E-state index in [0.29, 0.717) is 0 Å². The third kappa shape index (κ3) is 3.01.